The first-order chi connectivity index (χ1) is 17.1. The molecular formula is C26H33N5O3S2. The van der Waals surface area contributed by atoms with Gasteiger partial charge in [0.05, 0.1) is 21.3 Å². The summed E-state index contributed by atoms with van der Waals surface area (Å²) < 4.78 is 28.7. The van der Waals surface area contributed by atoms with Crippen LogP contribution in [0.15, 0.2) is 53.0 Å². The third-order valence-corrected chi connectivity index (χ3v) is 8.71. The number of urea groups is 1. The molecule has 2 heterocycles. The molecular weight excluding hydrogens is 494 g/mol. The molecule has 0 saturated heterocycles. The second kappa shape index (κ2) is 11.1. The Hall–Kier alpha value is -2.82. The monoisotopic (exact) mass is 527 g/mol. The first kappa shape index (κ1) is 26.2. The third kappa shape index (κ3) is 6.89. The Bertz CT molecular complexity index is 1290. The van der Waals surface area contributed by atoms with E-state index in [9.17, 15) is 13.2 Å². The van der Waals surface area contributed by atoms with Crippen molar-refractivity contribution in [1.29, 1.82) is 0 Å². The normalized spacial score (nSPS) is 15.0. The zero-order chi connectivity index (χ0) is 25.8. The van der Waals surface area contributed by atoms with Crippen molar-refractivity contribution >= 4 is 33.1 Å². The number of aromatic nitrogens is 2. The van der Waals surface area contributed by atoms with Gasteiger partial charge in [0, 0.05) is 41.3 Å². The van der Waals surface area contributed by atoms with Gasteiger partial charge in [-0.15, -0.1) is 11.3 Å². The zero-order valence-electron chi connectivity index (χ0n) is 20.9. The lowest BCUT2D eigenvalue weighted by Crippen LogP contribution is -2.40. The number of rotatable bonds is 7. The molecule has 1 aliphatic rings. The lowest BCUT2D eigenvalue weighted by Gasteiger charge is -2.21. The highest BCUT2D eigenvalue weighted by molar-refractivity contribution is 7.89. The van der Waals surface area contributed by atoms with Gasteiger partial charge in [0.25, 0.3) is 0 Å². The number of amides is 2. The first-order valence-corrected chi connectivity index (χ1v) is 14.5. The van der Waals surface area contributed by atoms with Gasteiger partial charge in [0.1, 0.15) is 0 Å². The molecule has 1 aliphatic carbocycles. The smallest absolute Gasteiger partial charge is 0.319 e. The van der Waals surface area contributed by atoms with Gasteiger partial charge >= 0.3 is 6.03 Å². The molecule has 0 radical (unpaired) electrons. The number of nitrogens with zero attached hydrogens (tertiary/aromatic N) is 2. The molecule has 1 fully saturated rings. The highest BCUT2D eigenvalue weighted by Crippen LogP contribution is 2.38. The van der Waals surface area contributed by atoms with E-state index in [1.54, 1.807) is 56.6 Å². The van der Waals surface area contributed by atoms with Crippen LogP contribution in [0.1, 0.15) is 69.4 Å². The molecule has 0 unspecified atom stereocenters. The zero-order valence-corrected chi connectivity index (χ0v) is 22.5. The maximum absolute atomic E-state index is 13.0. The summed E-state index contributed by atoms with van der Waals surface area (Å²) in [6.07, 6.45) is 9.33. The summed E-state index contributed by atoms with van der Waals surface area (Å²) >= 11 is 1.63. The van der Waals surface area contributed by atoms with Gasteiger partial charge in [-0.1, -0.05) is 19.3 Å². The molecule has 3 N–H and O–H groups in total. The van der Waals surface area contributed by atoms with Crippen molar-refractivity contribution in [3.8, 4) is 11.3 Å². The molecule has 1 saturated carbocycles. The van der Waals surface area contributed by atoms with Crippen LogP contribution >= 0.6 is 11.3 Å². The summed E-state index contributed by atoms with van der Waals surface area (Å²) in [4.78, 5) is 21.7. The fourth-order valence-electron chi connectivity index (χ4n) is 4.28. The number of hydrogen-bond acceptors (Lipinski definition) is 6. The molecule has 4 rings (SSSR count). The molecule has 8 nitrogen and oxygen atoms in total. The van der Waals surface area contributed by atoms with Gasteiger partial charge in [0.2, 0.25) is 10.0 Å². The number of anilines is 1. The molecule has 0 spiro atoms. The van der Waals surface area contributed by atoms with Crippen molar-refractivity contribution in [3.05, 3.63) is 58.7 Å². The number of benzene rings is 1. The number of sulfonamides is 1. The van der Waals surface area contributed by atoms with E-state index in [1.807, 2.05) is 17.5 Å². The van der Waals surface area contributed by atoms with Gasteiger partial charge < -0.3 is 10.6 Å². The van der Waals surface area contributed by atoms with Gasteiger partial charge in [-0.25, -0.2) is 22.9 Å². The number of nitrogens with one attached hydrogen (secondary N) is 3. The van der Waals surface area contributed by atoms with Crippen molar-refractivity contribution in [1.82, 2.24) is 20.0 Å². The van der Waals surface area contributed by atoms with Gasteiger partial charge in [-0.05, 0) is 69.5 Å². The predicted molar refractivity (Wildman–Crippen MR) is 144 cm³/mol. The fourth-order valence-corrected chi connectivity index (χ4v) is 6.71. The van der Waals surface area contributed by atoms with Crippen molar-refractivity contribution < 1.29 is 13.2 Å². The highest BCUT2D eigenvalue weighted by Gasteiger charge is 2.25. The van der Waals surface area contributed by atoms with Crippen molar-refractivity contribution in [3.63, 3.8) is 0 Å². The van der Waals surface area contributed by atoms with E-state index in [1.165, 1.54) is 25.3 Å². The Kier molecular flexibility index (Phi) is 8.07. The van der Waals surface area contributed by atoms with Crippen LogP contribution in [-0.2, 0) is 16.6 Å². The summed E-state index contributed by atoms with van der Waals surface area (Å²) in [6.45, 7) is 5.67. The van der Waals surface area contributed by atoms with Crippen LogP contribution in [0.5, 0.6) is 0 Å². The summed E-state index contributed by atoms with van der Waals surface area (Å²) in [5, 5.41) is 8.76. The van der Waals surface area contributed by atoms with E-state index in [-0.39, 0.29) is 4.90 Å². The molecule has 192 valence electrons. The van der Waals surface area contributed by atoms with E-state index in [2.05, 4.69) is 20.3 Å². The van der Waals surface area contributed by atoms with E-state index in [4.69, 9.17) is 4.98 Å². The highest BCUT2D eigenvalue weighted by atomic mass is 32.2. The van der Waals surface area contributed by atoms with Gasteiger partial charge in [-0.3, -0.25) is 4.98 Å². The number of thiazole rings is 1. The Balaban J connectivity index is 1.62. The quantitative estimate of drug-likeness (QED) is 0.367. The maximum Gasteiger partial charge on any atom is 0.319 e. The number of carbonyl (C=O) groups is 1. The average molecular weight is 528 g/mol. The molecule has 2 aromatic heterocycles. The predicted octanol–water partition coefficient (Wildman–Crippen LogP) is 5.65. The van der Waals surface area contributed by atoms with Crippen molar-refractivity contribution in [2.75, 3.05) is 5.32 Å². The van der Waals surface area contributed by atoms with Crippen LogP contribution in [0.4, 0.5) is 10.5 Å². The summed E-state index contributed by atoms with van der Waals surface area (Å²) in [7, 11) is -3.79. The minimum atomic E-state index is -3.79. The van der Waals surface area contributed by atoms with E-state index in [0.29, 0.717) is 23.7 Å². The van der Waals surface area contributed by atoms with Crippen LogP contribution in [0.2, 0.25) is 0 Å². The summed E-state index contributed by atoms with van der Waals surface area (Å²) in [5.41, 5.74) is 2.07. The Morgan fingerprint density at radius 3 is 2.50 bits per heavy atom. The Morgan fingerprint density at radius 1 is 1.08 bits per heavy atom. The first-order valence-electron chi connectivity index (χ1n) is 12.2. The lowest BCUT2D eigenvalue weighted by molar-refractivity contribution is 0.251. The van der Waals surface area contributed by atoms with Crippen LogP contribution in [-0.4, -0.2) is 30.0 Å². The molecule has 0 aliphatic heterocycles. The SMILES string of the molecule is CC(C)(C)NS(=O)(=O)c1ccc(-c2csc(C3CCCCC3)n2)c(NC(=O)NCc2ccncc2)c1. The number of carbonyl (C=O) groups excluding carboxylic acids is 1. The van der Waals surface area contributed by atoms with Crippen LogP contribution < -0.4 is 15.4 Å². The average Bonchev–Trinajstić information content (AvgIpc) is 3.33. The second-order valence-corrected chi connectivity index (χ2v) is 12.7. The fraction of sp³-hybridized carbons (Fsp3) is 0.423. The van der Waals surface area contributed by atoms with Crippen LogP contribution in [0, 0.1) is 0 Å². The van der Waals surface area contributed by atoms with E-state index in [0.717, 1.165) is 29.1 Å². The number of hydrogen-bond donors (Lipinski definition) is 3. The third-order valence-electron chi connectivity index (χ3n) is 5.94. The largest absolute Gasteiger partial charge is 0.334 e. The van der Waals surface area contributed by atoms with Gasteiger partial charge in [-0.2, -0.15) is 0 Å². The molecule has 36 heavy (non-hydrogen) atoms. The second-order valence-electron chi connectivity index (χ2n) is 10.1. The summed E-state index contributed by atoms with van der Waals surface area (Å²) in [5.74, 6) is 0.466. The topological polar surface area (TPSA) is 113 Å². The number of pyridine rings is 1. The molecule has 10 heteroatoms. The van der Waals surface area contributed by atoms with Crippen molar-refractivity contribution in [2.24, 2.45) is 0 Å². The van der Waals surface area contributed by atoms with Crippen LogP contribution in [0.3, 0.4) is 0 Å². The van der Waals surface area contributed by atoms with Gasteiger partial charge in [0.15, 0.2) is 0 Å². The molecule has 3 aromatic rings. The van der Waals surface area contributed by atoms with E-state index < -0.39 is 21.6 Å². The van der Waals surface area contributed by atoms with Crippen molar-refractivity contribution in [2.45, 2.75) is 75.8 Å². The minimum absolute atomic E-state index is 0.0772. The maximum atomic E-state index is 13.0. The Labute approximate surface area is 217 Å². The molecule has 1 aromatic carbocycles. The van der Waals surface area contributed by atoms with Crippen LogP contribution in [0.25, 0.3) is 11.3 Å². The molecule has 0 bridgehead atoms. The molecule has 0 atom stereocenters. The molecule has 2 amide bonds. The summed E-state index contributed by atoms with van der Waals surface area (Å²) in [6, 6.07) is 7.97. The standard InChI is InChI=1S/C26H33N5O3S2/c1-26(2,3)31-36(33,34)20-9-10-21(23-17-35-24(29-23)19-7-5-4-6-8-19)22(15-20)30-25(32)28-16-18-11-13-27-14-12-18/h9-15,17,19,31H,4-8,16H2,1-3H3,(H2,28,30,32). The van der Waals surface area contributed by atoms with E-state index >= 15 is 0 Å². The Morgan fingerprint density at radius 2 is 1.81 bits per heavy atom. The lowest BCUT2D eigenvalue weighted by atomic mass is 9.90. The minimum Gasteiger partial charge on any atom is -0.334 e.